The maximum atomic E-state index is 11.9. The topological polar surface area (TPSA) is 95.2 Å². The highest BCUT2D eigenvalue weighted by Gasteiger charge is 2.16. The smallest absolute Gasteiger partial charge is 0.350 e. The van der Waals surface area contributed by atoms with E-state index in [9.17, 15) is 4.79 Å². The summed E-state index contributed by atoms with van der Waals surface area (Å²) in [7, 11) is 4.53. The van der Waals surface area contributed by atoms with E-state index in [-0.39, 0.29) is 0 Å². The first-order chi connectivity index (χ1) is 16.3. The van der Waals surface area contributed by atoms with E-state index >= 15 is 0 Å². The molecule has 0 saturated heterocycles. The van der Waals surface area contributed by atoms with Crippen LogP contribution in [0.25, 0.3) is 22.3 Å². The Bertz CT molecular complexity index is 1460. The van der Waals surface area contributed by atoms with Gasteiger partial charge < -0.3 is 18.6 Å². The summed E-state index contributed by atoms with van der Waals surface area (Å²) in [5.41, 5.74) is 7.31. The maximum Gasteiger partial charge on any atom is 0.350 e. The van der Waals surface area contributed by atoms with Gasteiger partial charge in [-0.3, -0.25) is 5.43 Å². The largest absolute Gasteiger partial charge is 0.493 e. The fourth-order valence-corrected chi connectivity index (χ4v) is 4.31. The van der Waals surface area contributed by atoms with Crippen molar-refractivity contribution in [3.8, 4) is 22.8 Å². The van der Waals surface area contributed by atoms with Gasteiger partial charge in [0.05, 0.1) is 32.4 Å². The Kier molecular flexibility index (Phi) is 6.56. The van der Waals surface area contributed by atoms with Crippen molar-refractivity contribution in [1.29, 1.82) is 0 Å². The summed E-state index contributed by atoms with van der Waals surface area (Å²) in [4.78, 5) is 16.7. The second-order valence-electron chi connectivity index (χ2n) is 7.65. The molecule has 1 N–H and O–H groups in total. The number of carbonyl (C=O) groups excluding carboxylic acids is 1. The van der Waals surface area contributed by atoms with Crippen LogP contribution in [0.4, 0.5) is 5.13 Å². The molecule has 2 aromatic carbocycles. The Labute approximate surface area is 200 Å². The summed E-state index contributed by atoms with van der Waals surface area (Å²) in [6.45, 7) is 5.84. The highest BCUT2D eigenvalue weighted by atomic mass is 32.1. The minimum atomic E-state index is -0.422. The van der Waals surface area contributed by atoms with Gasteiger partial charge in [0, 0.05) is 17.0 Å². The maximum absolute atomic E-state index is 11.9. The monoisotopic (exact) mass is 479 g/mol. The Balaban J connectivity index is 1.85. The van der Waals surface area contributed by atoms with Gasteiger partial charge in [0.1, 0.15) is 16.2 Å². The fraction of sp³-hybridized carbons (Fsp3) is 0.240. The quantitative estimate of drug-likeness (QED) is 0.299. The number of esters is 1. The zero-order valence-electron chi connectivity index (χ0n) is 19.8. The van der Waals surface area contributed by atoms with Crippen molar-refractivity contribution in [2.75, 3.05) is 26.8 Å². The highest BCUT2D eigenvalue weighted by Crippen LogP contribution is 2.33. The molecule has 0 amide bonds. The highest BCUT2D eigenvalue weighted by molar-refractivity contribution is 7.17. The van der Waals surface area contributed by atoms with Crippen molar-refractivity contribution in [1.82, 2.24) is 4.98 Å². The van der Waals surface area contributed by atoms with E-state index in [4.69, 9.17) is 18.6 Å². The average molecular weight is 480 g/mol. The number of methoxy groups -OCH3 is 3. The first-order valence-corrected chi connectivity index (χ1v) is 11.3. The van der Waals surface area contributed by atoms with Gasteiger partial charge in [-0.2, -0.15) is 5.10 Å². The van der Waals surface area contributed by atoms with Crippen molar-refractivity contribution in [2.45, 2.75) is 20.8 Å². The Morgan fingerprint density at radius 3 is 2.44 bits per heavy atom. The van der Waals surface area contributed by atoms with E-state index in [2.05, 4.69) is 15.5 Å². The zero-order valence-corrected chi connectivity index (χ0v) is 20.6. The van der Waals surface area contributed by atoms with Crippen molar-refractivity contribution in [3.63, 3.8) is 0 Å². The van der Waals surface area contributed by atoms with Crippen LogP contribution in [0.2, 0.25) is 0 Å². The number of ether oxygens (including phenoxy) is 3. The van der Waals surface area contributed by atoms with Crippen molar-refractivity contribution in [2.24, 2.45) is 5.10 Å². The van der Waals surface area contributed by atoms with Crippen LogP contribution in [-0.2, 0) is 4.74 Å². The fourth-order valence-electron chi connectivity index (χ4n) is 3.48. The van der Waals surface area contributed by atoms with Crippen LogP contribution in [0, 0.1) is 20.8 Å². The molecule has 0 bridgehead atoms. The molecule has 0 unspecified atom stereocenters. The number of nitrogens with zero attached hydrogens (tertiary/aromatic N) is 2. The van der Waals surface area contributed by atoms with Crippen LogP contribution in [-0.4, -0.2) is 32.3 Å². The number of aromatic nitrogens is 1. The number of rotatable bonds is 6. The van der Waals surface area contributed by atoms with Crippen molar-refractivity contribution >= 4 is 33.4 Å². The van der Waals surface area contributed by atoms with E-state index in [1.807, 2.05) is 50.2 Å². The molecule has 176 valence electrons. The van der Waals surface area contributed by atoms with Gasteiger partial charge in [0.25, 0.3) is 0 Å². The number of hydrogen-bond donors (Lipinski definition) is 1. The van der Waals surface area contributed by atoms with Gasteiger partial charge in [0.2, 0.25) is 5.13 Å². The predicted molar refractivity (Wildman–Crippen MR) is 132 cm³/mol. The van der Waals surface area contributed by atoms with Crippen LogP contribution in [0.5, 0.6) is 11.5 Å². The summed E-state index contributed by atoms with van der Waals surface area (Å²) in [6, 6.07) is 11.5. The molecule has 9 heteroatoms. The third-order valence-electron chi connectivity index (χ3n) is 5.47. The van der Waals surface area contributed by atoms with Crippen LogP contribution in [0.1, 0.15) is 26.5 Å². The molecule has 2 aromatic heterocycles. The zero-order chi connectivity index (χ0) is 24.4. The van der Waals surface area contributed by atoms with Gasteiger partial charge in [0.15, 0.2) is 11.5 Å². The van der Waals surface area contributed by atoms with E-state index in [1.54, 1.807) is 21.1 Å². The molecular weight excluding hydrogens is 454 g/mol. The molecular formula is C25H25N3O5S. The van der Waals surface area contributed by atoms with Crippen LogP contribution >= 0.6 is 11.3 Å². The third-order valence-corrected chi connectivity index (χ3v) is 6.51. The van der Waals surface area contributed by atoms with Crippen LogP contribution in [0.15, 0.2) is 45.9 Å². The molecule has 4 aromatic rings. The normalized spacial score (nSPS) is 11.5. The summed E-state index contributed by atoms with van der Waals surface area (Å²) in [6.07, 6.45) is 0. The lowest BCUT2D eigenvalue weighted by Crippen LogP contribution is -2.08. The number of anilines is 1. The van der Waals surface area contributed by atoms with E-state index in [0.717, 1.165) is 22.1 Å². The summed E-state index contributed by atoms with van der Waals surface area (Å²) >= 11 is 1.19. The molecule has 2 heterocycles. The van der Waals surface area contributed by atoms with E-state index in [1.165, 1.54) is 18.4 Å². The van der Waals surface area contributed by atoms with Gasteiger partial charge >= 0.3 is 5.97 Å². The van der Waals surface area contributed by atoms with Gasteiger partial charge in [-0.25, -0.2) is 9.78 Å². The molecule has 0 aliphatic carbocycles. The number of aryl methyl sites for hydroxylation is 3. The lowest BCUT2D eigenvalue weighted by Gasteiger charge is -2.11. The third kappa shape index (κ3) is 4.47. The Hall–Kier alpha value is -3.85. The number of carbonyl (C=O) groups is 1. The van der Waals surface area contributed by atoms with Gasteiger partial charge in [-0.15, -0.1) is 0 Å². The lowest BCUT2D eigenvalue weighted by molar-refractivity contribution is 0.0605. The van der Waals surface area contributed by atoms with Gasteiger partial charge in [-0.1, -0.05) is 11.3 Å². The molecule has 0 aliphatic heterocycles. The molecule has 8 nitrogen and oxygen atoms in total. The Morgan fingerprint density at radius 1 is 1.00 bits per heavy atom. The molecule has 34 heavy (non-hydrogen) atoms. The first-order valence-electron chi connectivity index (χ1n) is 10.5. The molecule has 0 saturated carbocycles. The number of nitrogens with one attached hydrogen (secondary N) is 1. The predicted octanol–water partition coefficient (Wildman–Crippen LogP) is 5.21. The SMILES string of the molecule is COC(=O)c1sc(NN=c2cc(-c3ccc(OC)c(OC)c3)oc3cc(C)c(C)cc23)nc1C. The standard InChI is InChI=1S/C25H25N3O5S/c1-13-9-17-18(27-28-25-26-15(3)23(34-25)24(29)32-6)12-20(33-21(17)10-14(13)2)16-7-8-19(30-4)22(11-16)31-5/h7-12H,1-6H3,(H,26,28). The molecule has 4 rings (SSSR count). The van der Waals surface area contributed by atoms with E-state index < -0.39 is 5.97 Å². The second kappa shape index (κ2) is 9.56. The first kappa shape index (κ1) is 23.3. The number of benzene rings is 2. The van der Waals surface area contributed by atoms with Crippen molar-refractivity contribution < 1.29 is 23.4 Å². The lowest BCUT2D eigenvalue weighted by atomic mass is 10.1. The number of fused-ring (bicyclic) bond motifs is 1. The summed E-state index contributed by atoms with van der Waals surface area (Å²) < 4.78 is 21.9. The molecule has 0 fully saturated rings. The number of hydrogen-bond acceptors (Lipinski definition) is 9. The average Bonchev–Trinajstić information content (AvgIpc) is 3.22. The van der Waals surface area contributed by atoms with Crippen LogP contribution in [0.3, 0.4) is 0 Å². The van der Waals surface area contributed by atoms with Crippen molar-refractivity contribution in [3.05, 3.63) is 63.5 Å². The molecule has 0 atom stereocenters. The molecule has 0 radical (unpaired) electrons. The van der Waals surface area contributed by atoms with Crippen LogP contribution < -0.4 is 20.3 Å². The number of thiazole rings is 1. The summed E-state index contributed by atoms with van der Waals surface area (Å²) in [5, 5.41) is 6.61. The second-order valence-corrected chi connectivity index (χ2v) is 8.65. The minimum Gasteiger partial charge on any atom is -0.493 e. The summed E-state index contributed by atoms with van der Waals surface area (Å²) in [5.74, 6) is 1.42. The minimum absolute atomic E-state index is 0.422. The molecule has 0 spiro atoms. The van der Waals surface area contributed by atoms with Gasteiger partial charge in [-0.05, 0) is 62.2 Å². The Morgan fingerprint density at radius 2 is 1.74 bits per heavy atom. The van der Waals surface area contributed by atoms with E-state index in [0.29, 0.717) is 43.9 Å². The molecule has 0 aliphatic rings.